The molecular weight excluding hydrogens is 196 g/mol. The predicted molar refractivity (Wildman–Crippen MR) is 67.8 cm³/mol. The van der Waals surface area contributed by atoms with Gasteiger partial charge in [0.05, 0.1) is 0 Å². The molecule has 1 saturated carbocycles. The maximum Gasteiger partial charge on any atom is 0.0281 e. The Balaban J connectivity index is 1.97. The molecule has 1 fully saturated rings. The van der Waals surface area contributed by atoms with Crippen molar-refractivity contribution >= 4 is 0 Å². The van der Waals surface area contributed by atoms with Gasteiger partial charge in [-0.05, 0) is 37.2 Å². The third-order valence-corrected chi connectivity index (χ3v) is 3.37. The van der Waals surface area contributed by atoms with Crippen LogP contribution in [0.1, 0.15) is 31.2 Å². The summed E-state index contributed by atoms with van der Waals surface area (Å²) in [5, 5.41) is 0. The minimum Gasteiger partial charge on any atom is -0.271 e. The van der Waals surface area contributed by atoms with E-state index in [1.165, 1.54) is 17.6 Å². The molecule has 3 unspecified atom stereocenters. The fourth-order valence-corrected chi connectivity index (χ4v) is 2.45. The average molecular weight is 216 g/mol. The van der Waals surface area contributed by atoms with Gasteiger partial charge in [-0.15, -0.1) is 6.58 Å². The highest BCUT2D eigenvalue weighted by Crippen LogP contribution is 2.50. The van der Waals surface area contributed by atoms with E-state index in [4.69, 9.17) is 5.84 Å². The first-order chi connectivity index (χ1) is 7.72. The van der Waals surface area contributed by atoms with Crippen LogP contribution in [0.2, 0.25) is 0 Å². The minimum absolute atomic E-state index is 0.378. The summed E-state index contributed by atoms with van der Waals surface area (Å²) in [5.41, 5.74) is 5.57. The molecule has 0 heterocycles. The van der Waals surface area contributed by atoms with Crippen LogP contribution in [0.4, 0.5) is 0 Å². The van der Waals surface area contributed by atoms with Crippen LogP contribution in [-0.4, -0.2) is 6.04 Å². The molecule has 0 saturated heterocycles. The smallest absolute Gasteiger partial charge is 0.0281 e. The number of benzene rings is 1. The molecular formula is C14H20N2. The summed E-state index contributed by atoms with van der Waals surface area (Å²) in [6, 6.07) is 11.1. The topological polar surface area (TPSA) is 38.0 Å². The lowest BCUT2D eigenvalue weighted by atomic mass is 10.0. The Labute approximate surface area is 97.5 Å². The summed E-state index contributed by atoms with van der Waals surface area (Å²) in [7, 11) is 0. The second kappa shape index (κ2) is 4.81. The van der Waals surface area contributed by atoms with Crippen molar-refractivity contribution in [2.75, 3.05) is 0 Å². The summed E-state index contributed by atoms with van der Waals surface area (Å²) >= 11 is 0. The van der Waals surface area contributed by atoms with E-state index in [0.717, 1.165) is 6.42 Å². The molecule has 3 atom stereocenters. The lowest BCUT2D eigenvalue weighted by molar-refractivity contribution is 0.463. The summed E-state index contributed by atoms with van der Waals surface area (Å²) in [4.78, 5) is 0. The lowest BCUT2D eigenvalue weighted by Gasteiger charge is -2.15. The standard InChI is InChI=1S/C14H20N2/c1-10(2)8-14(16-15)13-9-12(13)11-6-4-3-5-7-11/h3-7,12-14,16H,1,8-9,15H2,2H3. The Morgan fingerprint density at radius 2 is 2.19 bits per heavy atom. The molecule has 0 radical (unpaired) electrons. The van der Waals surface area contributed by atoms with Gasteiger partial charge in [0, 0.05) is 6.04 Å². The molecule has 0 bridgehead atoms. The highest BCUT2D eigenvalue weighted by molar-refractivity contribution is 5.27. The highest BCUT2D eigenvalue weighted by atomic mass is 15.2. The molecule has 0 spiro atoms. The third-order valence-electron chi connectivity index (χ3n) is 3.37. The number of hydrogen-bond donors (Lipinski definition) is 2. The van der Waals surface area contributed by atoms with Gasteiger partial charge in [0.25, 0.3) is 0 Å². The van der Waals surface area contributed by atoms with E-state index in [9.17, 15) is 0 Å². The van der Waals surface area contributed by atoms with Gasteiger partial charge in [-0.25, -0.2) is 0 Å². The van der Waals surface area contributed by atoms with E-state index in [1.54, 1.807) is 0 Å². The van der Waals surface area contributed by atoms with Crippen molar-refractivity contribution in [3.8, 4) is 0 Å². The van der Waals surface area contributed by atoms with Crippen molar-refractivity contribution < 1.29 is 0 Å². The number of rotatable bonds is 5. The van der Waals surface area contributed by atoms with E-state index >= 15 is 0 Å². The molecule has 1 aliphatic rings. The molecule has 2 nitrogen and oxygen atoms in total. The van der Waals surface area contributed by atoms with Crippen LogP contribution >= 0.6 is 0 Å². The molecule has 1 aromatic rings. The van der Waals surface area contributed by atoms with Gasteiger partial charge in [-0.2, -0.15) is 0 Å². The van der Waals surface area contributed by atoms with Crippen molar-refractivity contribution in [3.63, 3.8) is 0 Å². The number of hydrogen-bond acceptors (Lipinski definition) is 2. The molecule has 16 heavy (non-hydrogen) atoms. The first kappa shape index (κ1) is 11.4. The van der Waals surface area contributed by atoms with Crippen LogP contribution in [0.3, 0.4) is 0 Å². The molecule has 86 valence electrons. The van der Waals surface area contributed by atoms with Gasteiger partial charge in [0.2, 0.25) is 0 Å². The normalized spacial score (nSPS) is 25.1. The van der Waals surface area contributed by atoms with Gasteiger partial charge in [-0.1, -0.05) is 35.9 Å². The van der Waals surface area contributed by atoms with Crippen molar-refractivity contribution in [3.05, 3.63) is 48.0 Å². The highest BCUT2D eigenvalue weighted by Gasteiger charge is 2.43. The van der Waals surface area contributed by atoms with Crippen molar-refractivity contribution in [1.82, 2.24) is 5.43 Å². The van der Waals surface area contributed by atoms with Crippen molar-refractivity contribution in [2.45, 2.75) is 31.7 Å². The largest absolute Gasteiger partial charge is 0.271 e. The molecule has 0 aliphatic heterocycles. The first-order valence-corrected chi connectivity index (χ1v) is 5.88. The molecule has 1 aromatic carbocycles. The van der Waals surface area contributed by atoms with Gasteiger partial charge < -0.3 is 0 Å². The van der Waals surface area contributed by atoms with E-state index in [-0.39, 0.29) is 0 Å². The Bertz CT molecular complexity index is 358. The summed E-state index contributed by atoms with van der Waals surface area (Å²) in [6.07, 6.45) is 2.22. The zero-order valence-electron chi connectivity index (χ0n) is 9.82. The van der Waals surface area contributed by atoms with Gasteiger partial charge in [-0.3, -0.25) is 11.3 Å². The predicted octanol–water partition coefficient (Wildman–Crippen LogP) is 2.59. The SMILES string of the molecule is C=C(C)CC(NN)C1CC1c1ccccc1. The van der Waals surface area contributed by atoms with Crippen LogP contribution < -0.4 is 11.3 Å². The van der Waals surface area contributed by atoms with E-state index in [0.29, 0.717) is 17.9 Å². The fourth-order valence-electron chi connectivity index (χ4n) is 2.45. The van der Waals surface area contributed by atoms with Crippen LogP contribution in [0.5, 0.6) is 0 Å². The molecule has 2 heteroatoms. The quantitative estimate of drug-likeness (QED) is 0.451. The first-order valence-electron chi connectivity index (χ1n) is 5.88. The zero-order valence-corrected chi connectivity index (χ0v) is 9.82. The molecule has 0 amide bonds. The molecule has 0 aromatic heterocycles. The van der Waals surface area contributed by atoms with Gasteiger partial charge >= 0.3 is 0 Å². The number of hydrazine groups is 1. The van der Waals surface area contributed by atoms with E-state index < -0.39 is 0 Å². The van der Waals surface area contributed by atoms with E-state index in [2.05, 4.69) is 49.3 Å². The molecule has 2 rings (SSSR count). The average Bonchev–Trinajstić information content (AvgIpc) is 3.07. The van der Waals surface area contributed by atoms with Crippen LogP contribution in [0.15, 0.2) is 42.5 Å². The minimum atomic E-state index is 0.378. The van der Waals surface area contributed by atoms with Crippen LogP contribution in [-0.2, 0) is 0 Å². The van der Waals surface area contributed by atoms with Crippen LogP contribution in [0.25, 0.3) is 0 Å². The van der Waals surface area contributed by atoms with E-state index in [1.807, 2.05) is 0 Å². The van der Waals surface area contributed by atoms with Crippen molar-refractivity contribution in [2.24, 2.45) is 11.8 Å². The Kier molecular flexibility index (Phi) is 3.42. The maximum atomic E-state index is 5.61. The summed E-state index contributed by atoms with van der Waals surface area (Å²) in [6.45, 7) is 6.02. The Hall–Kier alpha value is -1.12. The van der Waals surface area contributed by atoms with Crippen LogP contribution in [0, 0.1) is 5.92 Å². The Morgan fingerprint density at radius 1 is 1.50 bits per heavy atom. The summed E-state index contributed by atoms with van der Waals surface area (Å²) in [5.74, 6) is 6.96. The molecule has 3 N–H and O–H groups in total. The second-order valence-corrected chi connectivity index (χ2v) is 4.85. The third kappa shape index (κ3) is 2.52. The maximum absolute atomic E-state index is 5.61. The summed E-state index contributed by atoms with van der Waals surface area (Å²) < 4.78 is 0. The van der Waals surface area contributed by atoms with Gasteiger partial charge in [0.1, 0.15) is 0 Å². The second-order valence-electron chi connectivity index (χ2n) is 4.85. The fraction of sp³-hybridized carbons (Fsp3) is 0.429. The monoisotopic (exact) mass is 216 g/mol. The van der Waals surface area contributed by atoms with Crippen molar-refractivity contribution in [1.29, 1.82) is 0 Å². The van der Waals surface area contributed by atoms with Gasteiger partial charge in [0.15, 0.2) is 0 Å². The Morgan fingerprint density at radius 3 is 2.75 bits per heavy atom. The number of nitrogens with two attached hydrogens (primary N) is 1. The zero-order chi connectivity index (χ0) is 11.5. The number of nitrogens with one attached hydrogen (secondary N) is 1. The molecule has 1 aliphatic carbocycles. The lowest BCUT2D eigenvalue weighted by Crippen LogP contribution is -2.37.